The van der Waals surface area contributed by atoms with Gasteiger partial charge in [-0.05, 0) is 24.3 Å². The van der Waals surface area contributed by atoms with Gasteiger partial charge >= 0.3 is 0 Å². The molecule has 20 heavy (non-hydrogen) atoms. The van der Waals surface area contributed by atoms with Crippen LogP contribution in [0.5, 0.6) is 0 Å². The molecular formula is C15H19N3O2. The highest BCUT2D eigenvalue weighted by atomic mass is 16.3. The second kappa shape index (κ2) is 6.27. The molecular weight excluding hydrogens is 254 g/mol. The molecule has 2 aromatic carbocycles. The SMILES string of the molecule is Nc1ccc(NCC(O)CO)c(-c2ccccc2N)c1. The fourth-order valence-electron chi connectivity index (χ4n) is 1.97. The van der Waals surface area contributed by atoms with Crippen LogP contribution in [-0.4, -0.2) is 29.5 Å². The second-order valence-corrected chi connectivity index (χ2v) is 4.61. The summed E-state index contributed by atoms with van der Waals surface area (Å²) in [5.74, 6) is 0. The average molecular weight is 273 g/mol. The first-order valence-corrected chi connectivity index (χ1v) is 6.39. The Morgan fingerprint density at radius 2 is 1.80 bits per heavy atom. The van der Waals surface area contributed by atoms with Gasteiger partial charge in [0, 0.05) is 34.7 Å². The molecule has 0 fully saturated rings. The summed E-state index contributed by atoms with van der Waals surface area (Å²) in [5.41, 5.74) is 15.7. The van der Waals surface area contributed by atoms with Crippen LogP contribution in [0.3, 0.4) is 0 Å². The summed E-state index contributed by atoms with van der Waals surface area (Å²) in [6.07, 6.45) is -0.812. The fourth-order valence-corrected chi connectivity index (χ4v) is 1.97. The molecule has 0 heterocycles. The molecule has 2 aromatic rings. The Bertz CT molecular complexity index is 587. The van der Waals surface area contributed by atoms with E-state index in [9.17, 15) is 5.11 Å². The maximum atomic E-state index is 9.43. The topological polar surface area (TPSA) is 105 Å². The number of hydrogen-bond acceptors (Lipinski definition) is 5. The van der Waals surface area contributed by atoms with E-state index in [2.05, 4.69) is 5.32 Å². The predicted molar refractivity (Wildman–Crippen MR) is 82.3 cm³/mol. The third-order valence-corrected chi connectivity index (χ3v) is 3.03. The van der Waals surface area contributed by atoms with Crippen molar-refractivity contribution in [2.24, 2.45) is 0 Å². The summed E-state index contributed by atoms with van der Waals surface area (Å²) >= 11 is 0. The van der Waals surface area contributed by atoms with Crippen LogP contribution >= 0.6 is 0 Å². The molecule has 0 aromatic heterocycles. The highest BCUT2D eigenvalue weighted by Gasteiger charge is 2.10. The number of hydrogen-bond donors (Lipinski definition) is 5. The standard InChI is InChI=1S/C15H19N3O2/c16-10-5-6-15(18-8-11(20)9-19)13(7-10)12-3-1-2-4-14(12)17/h1-7,11,18-20H,8-9,16-17H2. The molecule has 0 aliphatic rings. The number of benzene rings is 2. The summed E-state index contributed by atoms with van der Waals surface area (Å²) in [6, 6.07) is 13.0. The Labute approximate surface area is 117 Å². The van der Waals surface area contributed by atoms with Crippen molar-refractivity contribution >= 4 is 17.1 Å². The van der Waals surface area contributed by atoms with Crippen LogP contribution in [0.2, 0.25) is 0 Å². The quantitative estimate of drug-likeness (QED) is 0.528. The van der Waals surface area contributed by atoms with E-state index >= 15 is 0 Å². The lowest BCUT2D eigenvalue weighted by Gasteiger charge is -2.16. The lowest BCUT2D eigenvalue weighted by atomic mass is 10.0. The van der Waals surface area contributed by atoms with E-state index in [-0.39, 0.29) is 13.2 Å². The van der Waals surface area contributed by atoms with E-state index in [1.807, 2.05) is 36.4 Å². The van der Waals surface area contributed by atoms with Crippen LogP contribution in [0.1, 0.15) is 0 Å². The van der Waals surface area contributed by atoms with Crippen molar-refractivity contribution in [3.63, 3.8) is 0 Å². The van der Waals surface area contributed by atoms with Crippen molar-refractivity contribution in [3.05, 3.63) is 42.5 Å². The number of nitrogens with two attached hydrogens (primary N) is 2. The number of anilines is 3. The molecule has 0 amide bonds. The van der Waals surface area contributed by atoms with Crippen LogP contribution < -0.4 is 16.8 Å². The second-order valence-electron chi connectivity index (χ2n) is 4.61. The van der Waals surface area contributed by atoms with Crippen molar-refractivity contribution in [2.75, 3.05) is 29.9 Å². The van der Waals surface area contributed by atoms with Gasteiger partial charge in [0.05, 0.1) is 12.7 Å². The fraction of sp³-hybridized carbons (Fsp3) is 0.200. The van der Waals surface area contributed by atoms with Crippen LogP contribution in [0, 0.1) is 0 Å². The molecule has 0 spiro atoms. The molecule has 0 aliphatic carbocycles. The highest BCUT2D eigenvalue weighted by molar-refractivity contribution is 5.86. The summed E-state index contributed by atoms with van der Waals surface area (Å²) < 4.78 is 0. The van der Waals surface area contributed by atoms with Crippen molar-refractivity contribution in [2.45, 2.75) is 6.10 Å². The molecule has 0 saturated heterocycles. The van der Waals surface area contributed by atoms with Gasteiger partial charge in [-0.25, -0.2) is 0 Å². The number of aliphatic hydroxyl groups excluding tert-OH is 2. The largest absolute Gasteiger partial charge is 0.399 e. The molecule has 1 unspecified atom stereocenters. The lowest BCUT2D eigenvalue weighted by molar-refractivity contribution is 0.105. The molecule has 1 atom stereocenters. The number of aliphatic hydroxyl groups is 2. The zero-order chi connectivity index (χ0) is 14.5. The molecule has 0 bridgehead atoms. The van der Waals surface area contributed by atoms with Crippen molar-refractivity contribution in [3.8, 4) is 11.1 Å². The minimum absolute atomic E-state index is 0.250. The van der Waals surface area contributed by atoms with Crippen molar-refractivity contribution < 1.29 is 10.2 Å². The van der Waals surface area contributed by atoms with Crippen LogP contribution in [-0.2, 0) is 0 Å². The zero-order valence-corrected chi connectivity index (χ0v) is 11.1. The monoisotopic (exact) mass is 273 g/mol. The smallest absolute Gasteiger partial charge is 0.0942 e. The van der Waals surface area contributed by atoms with Gasteiger partial charge in [0.25, 0.3) is 0 Å². The third kappa shape index (κ3) is 3.20. The van der Waals surface area contributed by atoms with Crippen molar-refractivity contribution in [1.82, 2.24) is 0 Å². The predicted octanol–water partition coefficient (Wildman–Crippen LogP) is 1.28. The van der Waals surface area contributed by atoms with Gasteiger partial charge in [0.2, 0.25) is 0 Å². The number of para-hydroxylation sites is 1. The Balaban J connectivity index is 2.36. The number of nitrogens with one attached hydrogen (secondary N) is 1. The molecule has 0 radical (unpaired) electrons. The molecule has 2 rings (SSSR count). The molecule has 106 valence electrons. The molecule has 5 heteroatoms. The number of rotatable bonds is 5. The zero-order valence-electron chi connectivity index (χ0n) is 11.1. The molecule has 0 aliphatic heterocycles. The normalized spacial score (nSPS) is 12.1. The average Bonchev–Trinajstić information content (AvgIpc) is 2.46. The maximum absolute atomic E-state index is 9.43. The first-order valence-electron chi connectivity index (χ1n) is 6.39. The van der Waals surface area contributed by atoms with Gasteiger partial charge in [-0.3, -0.25) is 0 Å². The molecule has 5 nitrogen and oxygen atoms in total. The minimum atomic E-state index is -0.812. The van der Waals surface area contributed by atoms with E-state index < -0.39 is 6.10 Å². The van der Waals surface area contributed by atoms with Gasteiger partial charge in [0.1, 0.15) is 0 Å². The first kappa shape index (κ1) is 14.2. The summed E-state index contributed by atoms with van der Waals surface area (Å²) in [4.78, 5) is 0. The van der Waals surface area contributed by atoms with Crippen LogP contribution in [0.25, 0.3) is 11.1 Å². The van der Waals surface area contributed by atoms with E-state index in [0.29, 0.717) is 11.4 Å². The van der Waals surface area contributed by atoms with Crippen LogP contribution in [0.15, 0.2) is 42.5 Å². The van der Waals surface area contributed by atoms with Gasteiger partial charge in [-0.15, -0.1) is 0 Å². The summed E-state index contributed by atoms with van der Waals surface area (Å²) in [5, 5.41) is 21.4. The van der Waals surface area contributed by atoms with E-state index in [4.69, 9.17) is 16.6 Å². The van der Waals surface area contributed by atoms with E-state index in [0.717, 1.165) is 16.8 Å². The third-order valence-electron chi connectivity index (χ3n) is 3.03. The highest BCUT2D eigenvalue weighted by Crippen LogP contribution is 2.33. The van der Waals surface area contributed by atoms with Gasteiger partial charge < -0.3 is 27.0 Å². The summed E-state index contributed by atoms with van der Waals surface area (Å²) in [7, 11) is 0. The molecule has 7 N–H and O–H groups in total. The van der Waals surface area contributed by atoms with Gasteiger partial charge in [0.15, 0.2) is 0 Å². The Morgan fingerprint density at radius 1 is 1.05 bits per heavy atom. The Hall–Kier alpha value is -2.24. The lowest BCUT2D eigenvalue weighted by Crippen LogP contribution is -2.23. The Morgan fingerprint density at radius 3 is 2.50 bits per heavy atom. The van der Waals surface area contributed by atoms with Crippen LogP contribution in [0.4, 0.5) is 17.1 Å². The Kier molecular flexibility index (Phi) is 4.45. The van der Waals surface area contributed by atoms with Gasteiger partial charge in [-0.1, -0.05) is 18.2 Å². The first-order chi connectivity index (χ1) is 9.61. The summed E-state index contributed by atoms with van der Waals surface area (Å²) in [6.45, 7) is -0.0368. The van der Waals surface area contributed by atoms with Crippen molar-refractivity contribution in [1.29, 1.82) is 0 Å². The van der Waals surface area contributed by atoms with E-state index in [1.165, 1.54) is 0 Å². The minimum Gasteiger partial charge on any atom is -0.399 e. The number of nitrogen functional groups attached to an aromatic ring is 2. The molecule has 0 saturated carbocycles. The maximum Gasteiger partial charge on any atom is 0.0942 e. The van der Waals surface area contributed by atoms with Gasteiger partial charge in [-0.2, -0.15) is 0 Å². The van der Waals surface area contributed by atoms with E-state index in [1.54, 1.807) is 6.07 Å².